The van der Waals surface area contributed by atoms with Crippen molar-refractivity contribution in [3.8, 4) is 17.2 Å². The summed E-state index contributed by atoms with van der Waals surface area (Å²) in [5.41, 5.74) is 7.06. The number of benzene rings is 2. The second-order valence-corrected chi connectivity index (χ2v) is 6.91. The zero-order valence-corrected chi connectivity index (χ0v) is 16.8. The minimum atomic E-state index is -0.578. The molecule has 1 atom stereocenters. The Hall–Kier alpha value is -2.80. The summed E-state index contributed by atoms with van der Waals surface area (Å²) >= 11 is 0. The molecule has 0 bridgehead atoms. The lowest BCUT2D eigenvalue weighted by Crippen LogP contribution is -2.27. The number of ether oxygens (including phenoxy) is 3. The number of nitrogens with zero attached hydrogens (tertiary/aromatic N) is 1. The fraction of sp³-hybridized carbons (Fsp3) is 0.409. The van der Waals surface area contributed by atoms with Crippen LogP contribution in [-0.2, 0) is 11.2 Å². The van der Waals surface area contributed by atoms with Crippen LogP contribution in [0.2, 0.25) is 0 Å². The van der Waals surface area contributed by atoms with Crippen LogP contribution in [0.3, 0.4) is 0 Å². The second kappa shape index (κ2) is 9.60. The summed E-state index contributed by atoms with van der Waals surface area (Å²) in [4.78, 5) is 13.3. The van der Waals surface area contributed by atoms with Gasteiger partial charge in [-0.1, -0.05) is 26.3 Å². The fourth-order valence-corrected chi connectivity index (χ4v) is 3.01. The number of cyclic esters (lactones) is 1. The molecule has 0 saturated carbocycles. The van der Waals surface area contributed by atoms with Gasteiger partial charge in [-0.3, -0.25) is 4.90 Å². The first-order chi connectivity index (χ1) is 14.0. The molecule has 1 fully saturated rings. The zero-order valence-electron chi connectivity index (χ0n) is 16.8. The van der Waals surface area contributed by atoms with Crippen molar-refractivity contribution in [2.45, 2.75) is 39.2 Å². The first-order valence-corrected chi connectivity index (χ1v) is 9.97. The van der Waals surface area contributed by atoms with E-state index in [2.05, 4.69) is 13.8 Å². The van der Waals surface area contributed by atoms with Gasteiger partial charge in [0, 0.05) is 12.6 Å². The van der Waals surface area contributed by atoms with Crippen LogP contribution in [0.5, 0.6) is 17.2 Å². The average molecular weight is 402 g/mol. The monoisotopic (exact) mass is 402 g/mol. The smallest absolute Gasteiger partial charge is 0.414 e. The van der Waals surface area contributed by atoms with E-state index >= 15 is 0 Å². The lowest BCUT2D eigenvalue weighted by Gasteiger charge is -2.16. The second-order valence-electron chi connectivity index (χ2n) is 6.91. The van der Waals surface area contributed by atoms with Crippen LogP contribution >= 0.6 is 0 Å². The Morgan fingerprint density at radius 3 is 2.62 bits per heavy atom. The van der Waals surface area contributed by atoms with Crippen molar-refractivity contribution < 1.29 is 23.4 Å². The molecule has 7 heteroatoms. The molecule has 0 aromatic heterocycles. The Bertz CT molecular complexity index is 859. The van der Waals surface area contributed by atoms with E-state index in [1.807, 2.05) is 12.1 Å². The van der Waals surface area contributed by atoms with E-state index in [1.165, 1.54) is 17.0 Å². The SMILES string of the molecule is CCCCOc1cc(CC)ccc1Oc1ccc(N2CC(CN)OC2=O)cc1F. The van der Waals surface area contributed by atoms with Gasteiger partial charge < -0.3 is 19.9 Å². The van der Waals surface area contributed by atoms with Gasteiger partial charge in [0.2, 0.25) is 0 Å². The van der Waals surface area contributed by atoms with Gasteiger partial charge in [-0.25, -0.2) is 9.18 Å². The highest BCUT2D eigenvalue weighted by atomic mass is 19.1. The van der Waals surface area contributed by atoms with Gasteiger partial charge in [0.15, 0.2) is 23.1 Å². The molecule has 1 heterocycles. The molecule has 2 aromatic carbocycles. The number of halogens is 1. The van der Waals surface area contributed by atoms with Crippen LogP contribution in [0.15, 0.2) is 36.4 Å². The molecule has 0 spiro atoms. The number of hydrogen-bond donors (Lipinski definition) is 1. The van der Waals surface area contributed by atoms with E-state index in [-0.39, 0.29) is 18.4 Å². The first-order valence-electron chi connectivity index (χ1n) is 9.97. The molecule has 1 unspecified atom stereocenters. The third-order valence-electron chi connectivity index (χ3n) is 4.76. The van der Waals surface area contributed by atoms with Crippen LogP contribution in [0.1, 0.15) is 32.3 Å². The van der Waals surface area contributed by atoms with Crippen molar-refractivity contribution in [3.05, 3.63) is 47.8 Å². The molecule has 1 aliphatic rings. The highest BCUT2D eigenvalue weighted by Gasteiger charge is 2.31. The Labute approximate surface area is 170 Å². The molecule has 6 nitrogen and oxygen atoms in total. The zero-order chi connectivity index (χ0) is 20.8. The summed E-state index contributed by atoms with van der Waals surface area (Å²) in [6.07, 6.45) is 1.89. The van der Waals surface area contributed by atoms with Gasteiger partial charge in [0.05, 0.1) is 18.8 Å². The predicted molar refractivity (Wildman–Crippen MR) is 109 cm³/mol. The van der Waals surface area contributed by atoms with E-state index < -0.39 is 11.9 Å². The molecule has 1 amide bonds. The van der Waals surface area contributed by atoms with Crippen molar-refractivity contribution in [3.63, 3.8) is 0 Å². The summed E-state index contributed by atoms with van der Waals surface area (Å²) in [6, 6.07) is 10.0. The van der Waals surface area contributed by atoms with Gasteiger partial charge >= 0.3 is 6.09 Å². The summed E-state index contributed by atoms with van der Waals surface area (Å²) in [6.45, 7) is 5.24. The van der Waals surface area contributed by atoms with E-state index in [0.717, 1.165) is 24.8 Å². The minimum absolute atomic E-state index is 0.0567. The van der Waals surface area contributed by atoms with Gasteiger partial charge in [0.25, 0.3) is 0 Å². The van der Waals surface area contributed by atoms with E-state index in [9.17, 15) is 9.18 Å². The molecular formula is C22H27FN2O4. The molecule has 3 rings (SSSR count). The topological polar surface area (TPSA) is 74.0 Å². The van der Waals surface area contributed by atoms with Crippen molar-refractivity contribution in [2.24, 2.45) is 5.73 Å². The molecular weight excluding hydrogens is 375 g/mol. The number of rotatable bonds is 9. The molecule has 1 saturated heterocycles. The van der Waals surface area contributed by atoms with Crippen LogP contribution in [0, 0.1) is 5.82 Å². The highest BCUT2D eigenvalue weighted by Crippen LogP contribution is 2.35. The first kappa shape index (κ1) is 20.9. The van der Waals surface area contributed by atoms with Gasteiger partial charge in [-0.05, 0) is 42.7 Å². The predicted octanol–water partition coefficient (Wildman–Crippen LogP) is 4.64. The van der Waals surface area contributed by atoms with E-state index in [4.69, 9.17) is 19.9 Å². The highest BCUT2D eigenvalue weighted by molar-refractivity contribution is 5.89. The molecule has 2 aromatic rings. The normalized spacial score (nSPS) is 16.1. The largest absolute Gasteiger partial charge is 0.490 e. The van der Waals surface area contributed by atoms with Crippen molar-refractivity contribution in [1.82, 2.24) is 0 Å². The van der Waals surface area contributed by atoms with Gasteiger partial charge in [-0.15, -0.1) is 0 Å². The van der Waals surface area contributed by atoms with Crippen molar-refractivity contribution in [1.29, 1.82) is 0 Å². The molecule has 29 heavy (non-hydrogen) atoms. The van der Waals surface area contributed by atoms with Crippen LogP contribution in [0.4, 0.5) is 14.9 Å². The maximum absolute atomic E-state index is 14.7. The van der Waals surface area contributed by atoms with Gasteiger partial charge in [-0.2, -0.15) is 0 Å². The van der Waals surface area contributed by atoms with Crippen molar-refractivity contribution >= 4 is 11.8 Å². The summed E-state index contributed by atoms with van der Waals surface area (Å²) in [5.74, 6) is 0.524. The van der Waals surface area contributed by atoms with Crippen molar-refractivity contribution in [2.75, 3.05) is 24.6 Å². The third kappa shape index (κ3) is 4.98. The number of nitrogens with two attached hydrogens (primary N) is 1. The Morgan fingerprint density at radius 2 is 1.97 bits per heavy atom. The summed E-state index contributed by atoms with van der Waals surface area (Å²) in [7, 11) is 0. The quantitative estimate of drug-likeness (QED) is 0.619. The number of carbonyl (C=O) groups excluding carboxylic acids is 1. The number of hydrogen-bond acceptors (Lipinski definition) is 5. The molecule has 1 aliphatic heterocycles. The Balaban J connectivity index is 1.79. The van der Waals surface area contributed by atoms with E-state index in [1.54, 1.807) is 12.1 Å². The summed E-state index contributed by atoms with van der Waals surface area (Å²) < 4.78 is 31.5. The maximum Gasteiger partial charge on any atom is 0.414 e. The lowest BCUT2D eigenvalue weighted by molar-refractivity contribution is 0.145. The molecule has 0 radical (unpaired) electrons. The lowest BCUT2D eigenvalue weighted by atomic mass is 10.1. The van der Waals surface area contributed by atoms with Crippen LogP contribution < -0.4 is 20.1 Å². The third-order valence-corrected chi connectivity index (χ3v) is 4.76. The molecule has 156 valence electrons. The number of aryl methyl sites for hydroxylation is 1. The number of carbonyl (C=O) groups is 1. The molecule has 0 aliphatic carbocycles. The Morgan fingerprint density at radius 1 is 1.17 bits per heavy atom. The number of unbranched alkanes of at least 4 members (excludes halogenated alkanes) is 1. The van der Waals surface area contributed by atoms with E-state index in [0.29, 0.717) is 30.3 Å². The summed E-state index contributed by atoms with van der Waals surface area (Å²) in [5, 5.41) is 0. The standard InChI is InChI=1S/C22H27FN2O4/c1-3-5-10-27-21-11-15(4-2)6-8-20(21)29-19-9-7-16(12-18(19)23)25-14-17(13-24)28-22(25)26/h6-9,11-12,17H,3-5,10,13-14,24H2,1-2H3. The average Bonchev–Trinajstić information content (AvgIpc) is 3.11. The van der Waals surface area contributed by atoms with Crippen LogP contribution in [0.25, 0.3) is 0 Å². The fourth-order valence-electron chi connectivity index (χ4n) is 3.01. The maximum atomic E-state index is 14.7. The number of anilines is 1. The van der Waals surface area contributed by atoms with Gasteiger partial charge in [0.1, 0.15) is 6.10 Å². The van der Waals surface area contributed by atoms with Crippen LogP contribution in [-0.4, -0.2) is 31.9 Å². The minimum Gasteiger partial charge on any atom is -0.490 e. The Kier molecular flexibility index (Phi) is 6.93. The number of amides is 1. The molecule has 2 N–H and O–H groups in total.